The van der Waals surface area contributed by atoms with E-state index in [1.807, 2.05) is 11.8 Å². The summed E-state index contributed by atoms with van der Waals surface area (Å²) in [6.45, 7) is 2.05. The van der Waals surface area contributed by atoms with Crippen molar-refractivity contribution in [2.75, 3.05) is 6.26 Å². The minimum Gasteiger partial charge on any atom is -0.327 e. The first-order chi connectivity index (χ1) is 5.25. The normalized spacial score (nSPS) is 16.3. The molecule has 11 heavy (non-hydrogen) atoms. The van der Waals surface area contributed by atoms with Gasteiger partial charge in [0.2, 0.25) is 0 Å². The maximum atomic E-state index is 5.82. The Morgan fingerprint density at radius 1 is 1.64 bits per heavy atom. The smallest absolute Gasteiger partial charge is 0.0451 e. The summed E-state index contributed by atoms with van der Waals surface area (Å²) in [5.74, 6) is 0. The topological polar surface area (TPSA) is 26.0 Å². The third kappa shape index (κ3) is 2.22. The molecule has 0 saturated carbocycles. The SMILES string of the molecule is CSC(c1ccsc1)C(C)N. The Kier molecular flexibility index (Phi) is 3.43. The second kappa shape index (κ2) is 4.14. The average molecular weight is 187 g/mol. The lowest BCUT2D eigenvalue weighted by Crippen LogP contribution is -2.21. The molecule has 0 bridgehead atoms. The molecule has 0 aliphatic rings. The first kappa shape index (κ1) is 9.10. The van der Waals surface area contributed by atoms with Crippen molar-refractivity contribution in [3.8, 4) is 0 Å². The Hall–Kier alpha value is 0.01000. The van der Waals surface area contributed by atoms with Crippen molar-refractivity contribution in [1.29, 1.82) is 0 Å². The Bertz CT molecular complexity index is 194. The van der Waals surface area contributed by atoms with Crippen LogP contribution < -0.4 is 5.73 Å². The van der Waals surface area contributed by atoms with Crippen molar-refractivity contribution in [3.63, 3.8) is 0 Å². The molecule has 3 heteroatoms. The fraction of sp³-hybridized carbons (Fsp3) is 0.500. The van der Waals surface area contributed by atoms with E-state index in [2.05, 4.69) is 30.0 Å². The molecule has 0 aliphatic carbocycles. The third-order valence-corrected chi connectivity index (χ3v) is 3.51. The molecule has 2 N–H and O–H groups in total. The molecule has 0 fully saturated rings. The molecular weight excluding hydrogens is 174 g/mol. The molecule has 1 heterocycles. The summed E-state index contributed by atoms with van der Waals surface area (Å²) in [7, 11) is 0. The molecule has 1 rings (SSSR count). The van der Waals surface area contributed by atoms with Gasteiger partial charge >= 0.3 is 0 Å². The molecule has 0 radical (unpaired) electrons. The Morgan fingerprint density at radius 2 is 2.36 bits per heavy atom. The zero-order valence-electron chi connectivity index (χ0n) is 6.78. The first-order valence-corrected chi connectivity index (χ1v) is 5.79. The van der Waals surface area contributed by atoms with Gasteiger partial charge in [0.05, 0.1) is 0 Å². The van der Waals surface area contributed by atoms with E-state index in [1.165, 1.54) is 5.56 Å². The van der Waals surface area contributed by atoms with Crippen LogP contribution in [0.4, 0.5) is 0 Å². The maximum Gasteiger partial charge on any atom is 0.0451 e. The Morgan fingerprint density at radius 3 is 2.73 bits per heavy atom. The van der Waals surface area contributed by atoms with Gasteiger partial charge in [-0.15, -0.1) is 0 Å². The molecule has 1 aromatic rings. The average Bonchev–Trinajstić information content (AvgIpc) is 2.40. The standard InChI is InChI=1S/C8H13NS2/c1-6(9)8(10-2)7-3-4-11-5-7/h3-6,8H,9H2,1-2H3. The third-order valence-electron chi connectivity index (χ3n) is 1.60. The number of nitrogens with two attached hydrogens (primary N) is 1. The van der Waals surface area contributed by atoms with E-state index in [-0.39, 0.29) is 6.04 Å². The number of hydrogen-bond donors (Lipinski definition) is 1. The van der Waals surface area contributed by atoms with Gasteiger partial charge in [-0.05, 0) is 35.6 Å². The minimum atomic E-state index is 0.236. The van der Waals surface area contributed by atoms with Crippen molar-refractivity contribution in [2.24, 2.45) is 5.73 Å². The van der Waals surface area contributed by atoms with E-state index in [1.54, 1.807) is 11.3 Å². The van der Waals surface area contributed by atoms with E-state index in [9.17, 15) is 0 Å². The van der Waals surface area contributed by atoms with Gasteiger partial charge in [-0.3, -0.25) is 0 Å². The molecule has 0 amide bonds. The lowest BCUT2D eigenvalue weighted by Gasteiger charge is -2.16. The fourth-order valence-corrected chi connectivity index (χ4v) is 2.72. The number of thioether (sulfide) groups is 1. The molecule has 1 aromatic heterocycles. The van der Waals surface area contributed by atoms with Crippen molar-refractivity contribution in [3.05, 3.63) is 22.4 Å². The van der Waals surface area contributed by atoms with Crippen LogP contribution in [0.15, 0.2) is 16.8 Å². The Balaban J connectivity index is 2.71. The lowest BCUT2D eigenvalue weighted by molar-refractivity contribution is 0.725. The Labute approximate surface area is 76.0 Å². The highest BCUT2D eigenvalue weighted by atomic mass is 32.2. The van der Waals surface area contributed by atoms with E-state index < -0.39 is 0 Å². The molecule has 0 aromatic carbocycles. The molecule has 0 spiro atoms. The van der Waals surface area contributed by atoms with Crippen LogP contribution in [-0.4, -0.2) is 12.3 Å². The highest BCUT2D eigenvalue weighted by Crippen LogP contribution is 2.30. The monoisotopic (exact) mass is 187 g/mol. The zero-order valence-corrected chi connectivity index (χ0v) is 8.41. The van der Waals surface area contributed by atoms with E-state index in [0.717, 1.165) is 0 Å². The predicted octanol–water partition coefficient (Wildman–Crippen LogP) is 2.50. The highest BCUT2D eigenvalue weighted by Gasteiger charge is 2.14. The van der Waals surface area contributed by atoms with E-state index in [0.29, 0.717) is 5.25 Å². The number of rotatable bonds is 3. The van der Waals surface area contributed by atoms with Crippen LogP contribution in [0, 0.1) is 0 Å². The molecule has 0 aliphatic heterocycles. The predicted molar refractivity (Wildman–Crippen MR) is 54.2 cm³/mol. The molecule has 62 valence electrons. The van der Waals surface area contributed by atoms with E-state index in [4.69, 9.17) is 5.73 Å². The van der Waals surface area contributed by atoms with Crippen LogP contribution in [0.5, 0.6) is 0 Å². The van der Waals surface area contributed by atoms with Crippen molar-refractivity contribution < 1.29 is 0 Å². The van der Waals surface area contributed by atoms with Gasteiger partial charge in [0.25, 0.3) is 0 Å². The molecule has 2 atom stereocenters. The minimum absolute atomic E-state index is 0.236. The van der Waals surface area contributed by atoms with Crippen LogP contribution in [0.2, 0.25) is 0 Å². The van der Waals surface area contributed by atoms with E-state index >= 15 is 0 Å². The van der Waals surface area contributed by atoms with Gasteiger partial charge in [0.15, 0.2) is 0 Å². The quantitative estimate of drug-likeness (QED) is 0.787. The van der Waals surface area contributed by atoms with Crippen molar-refractivity contribution >= 4 is 23.1 Å². The highest BCUT2D eigenvalue weighted by molar-refractivity contribution is 7.98. The zero-order chi connectivity index (χ0) is 8.27. The summed E-state index contributed by atoms with van der Waals surface area (Å²) < 4.78 is 0. The summed E-state index contributed by atoms with van der Waals surface area (Å²) in [4.78, 5) is 0. The lowest BCUT2D eigenvalue weighted by atomic mass is 10.1. The van der Waals surface area contributed by atoms with Crippen LogP contribution >= 0.6 is 23.1 Å². The van der Waals surface area contributed by atoms with Gasteiger partial charge in [-0.2, -0.15) is 23.1 Å². The molecule has 2 unspecified atom stereocenters. The molecule has 1 nitrogen and oxygen atoms in total. The first-order valence-electron chi connectivity index (χ1n) is 3.56. The molecular formula is C8H13NS2. The van der Waals surface area contributed by atoms with Gasteiger partial charge in [0, 0.05) is 11.3 Å². The van der Waals surface area contributed by atoms with Gasteiger partial charge in [-0.25, -0.2) is 0 Å². The van der Waals surface area contributed by atoms with Crippen molar-refractivity contribution in [1.82, 2.24) is 0 Å². The van der Waals surface area contributed by atoms with Crippen LogP contribution in [0.25, 0.3) is 0 Å². The maximum absolute atomic E-state index is 5.82. The van der Waals surface area contributed by atoms with Gasteiger partial charge in [-0.1, -0.05) is 0 Å². The van der Waals surface area contributed by atoms with Crippen molar-refractivity contribution in [2.45, 2.75) is 18.2 Å². The van der Waals surface area contributed by atoms with Gasteiger partial charge in [0.1, 0.15) is 0 Å². The summed E-state index contributed by atoms with van der Waals surface area (Å²) in [6.07, 6.45) is 2.10. The van der Waals surface area contributed by atoms with Crippen LogP contribution in [0.1, 0.15) is 17.7 Å². The second-order valence-corrected chi connectivity index (χ2v) is 4.33. The summed E-state index contributed by atoms with van der Waals surface area (Å²) in [5, 5.41) is 4.73. The number of thiophene rings is 1. The summed E-state index contributed by atoms with van der Waals surface area (Å²) >= 11 is 3.55. The van der Waals surface area contributed by atoms with Crippen LogP contribution in [-0.2, 0) is 0 Å². The summed E-state index contributed by atoms with van der Waals surface area (Å²) in [5.41, 5.74) is 7.18. The second-order valence-electron chi connectivity index (χ2n) is 2.57. The van der Waals surface area contributed by atoms with Gasteiger partial charge < -0.3 is 5.73 Å². The van der Waals surface area contributed by atoms with Crippen LogP contribution in [0.3, 0.4) is 0 Å². The largest absolute Gasteiger partial charge is 0.327 e. The summed E-state index contributed by atoms with van der Waals surface area (Å²) in [6, 6.07) is 2.38. The number of hydrogen-bond acceptors (Lipinski definition) is 3. The molecule has 0 saturated heterocycles. The fourth-order valence-electron chi connectivity index (χ4n) is 1.09.